The lowest BCUT2D eigenvalue weighted by atomic mass is 10.1. The van der Waals surface area contributed by atoms with Crippen molar-refractivity contribution < 1.29 is 4.74 Å². The van der Waals surface area contributed by atoms with Gasteiger partial charge in [-0.05, 0) is 49.6 Å². The van der Waals surface area contributed by atoms with Gasteiger partial charge in [0.1, 0.15) is 5.75 Å². The lowest BCUT2D eigenvalue weighted by molar-refractivity contribution is 0.317. The number of benzene rings is 2. The van der Waals surface area contributed by atoms with Crippen molar-refractivity contribution >= 4 is 17.3 Å². The van der Waals surface area contributed by atoms with E-state index in [4.69, 9.17) is 16.3 Å². The quantitative estimate of drug-likeness (QED) is 0.776. The van der Waals surface area contributed by atoms with E-state index in [9.17, 15) is 0 Å². The topological polar surface area (TPSA) is 21.3 Å². The Bertz CT molecular complexity index is 610. The van der Waals surface area contributed by atoms with Gasteiger partial charge in [0, 0.05) is 12.2 Å². The number of hydrogen-bond acceptors (Lipinski definition) is 2. The molecule has 3 heteroatoms. The monoisotopic (exact) mass is 303 g/mol. The van der Waals surface area contributed by atoms with Crippen LogP contribution in [0.1, 0.15) is 30.0 Å². The van der Waals surface area contributed by atoms with Gasteiger partial charge >= 0.3 is 0 Å². The third kappa shape index (κ3) is 4.40. The molecule has 1 N–H and O–H groups in total. The summed E-state index contributed by atoms with van der Waals surface area (Å²) < 4.78 is 5.58. The standard InChI is InChI=1S/C18H22ClNO/c1-4-9-21-18-8-7-16(11-17(18)19)20-12-15-10-13(2)5-6-14(15)3/h5-8,10-11,20H,4,9,12H2,1-3H3. The normalized spacial score (nSPS) is 10.5. The highest BCUT2D eigenvalue weighted by Crippen LogP contribution is 2.28. The maximum Gasteiger partial charge on any atom is 0.138 e. The Morgan fingerprint density at radius 3 is 2.62 bits per heavy atom. The van der Waals surface area contributed by atoms with Crippen LogP contribution in [0.4, 0.5) is 5.69 Å². The highest BCUT2D eigenvalue weighted by atomic mass is 35.5. The fraction of sp³-hybridized carbons (Fsp3) is 0.333. The van der Waals surface area contributed by atoms with E-state index in [1.54, 1.807) is 0 Å². The number of anilines is 1. The Kier molecular flexibility index (Phi) is 5.51. The van der Waals surface area contributed by atoms with Crippen molar-refractivity contribution in [2.45, 2.75) is 33.7 Å². The van der Waals surface area contributed by atoms with Crippen LogP contribution < -0.4 is 10.1 Å². The molecule has 0 amide bonds. The van der Waals surface area contributed by atoms with Crippen LogP contribution in [0.3, 0.4) is 0 Å². The second-order valence-corrected chi connectivity index (χ2v) is 5.68. The molecular formula is C18H22ClNO. The van der Waals surface area contributed by atoms with E-state index in [1.807, 2.05) is 18.2 Å². The van der Waals surface area contributed by atoms with Crippen LogP contribution >= 0.6 is 11.6 Å². The molecule has 2 aromatic carbocycles. The van der Waals surface area contributed by atoms with E-state index >= 15 is 0 Å². The molecule has 112 valence electrons. The summed E-state index contributed by atoms with van der Waals surface area (Å²) in [7, 11) is 0. The Morgan fingerprint density at radius 2 is 1.90 bits per heavy atom. The molecule has 0 atom stereocenters. The van der Waals surface area contributed by atoms with Crippen molar-refractivity contribution in [2.24, 2.45) is 0 Å². The number of nitrogens with one attached hydrogen (secondary N) is 1. The molecule has 0 radical (unpaired) electrons. The summed E-state index contributed by atoms with van der Waals surface area (Å²) in [5, 5.41) is 4.06. The van der Waals surface area contributed by atoms with E-state index < -0.39 is 0 Å². The number of halogens is 1. The molecule has 0 aliphatic carbocycles. The molecule has 0 saturated heterocycles. The summed E-state index contributed by atoms with van der Waals surface area (Å²) in [6.45, 7) is 7.80. The highest BCUT2D eigenvalue weighted by Gasteiger charge is 2.04. The summed E-state index contributed by atoms with van der Waals surface area (Å²) in [5.74, 6) is 0.746. The second-order valence-electron chi connectivity index (χ2n) is 5.28. The molecule has 2 nitrogen and oxygen atoms in total. The molecule has 0 aliphatic rings. The van der Waals surface area contributed by atoms with Gasteiger partial charge in [-0.15, -0.1) is 0 Å². The van der Waals surface area contributed by atoms with Crippen molar-refractivity contribution in [3.63, 3.8) is 0 Å². The van der Waals surface area contributed by atoms with Crippen LogP contribution in [0.25, 0.3) is 0 Å². The van der Waals surface area contributed by atoms with Gasteiger partial charge in [0.2, 0.25) is 0 Å². The lowest BCUT2D eigenvalue weighted by Gasteiger charge is -2.12. The predicted octanol–water partition coefficient (Wildman–Crippen LogP) is 5.36. The van der Waals surface area contributed by atoms with Crippen LogP contribution in [-0.4, -0.2) is 6.61 Å². The molecule has 2 aromatic rings. The Hall–Kier alpha value is -1.67. The Labute approximate surface area is 132 Å². The van der Waals surface area contributed by atoms with Crippen LogP contribution in [0.15, 0.2) is 36.4 Å². The van der Waals surface area contributed by atoms with E-state index in [2.05, 4.69) is 44.3 Å². The molecule has 0 spiro atoms. The predicted molar refractivity (Wildman–Crippen MR) is 90.5 cm³/mol. The fourth-order valence-electron chi connectivity index (χ4n) is 2.13. The van der Waals surface area contributed by atoms with Crippen LogP contribution in [0.2, 0.25) is 5.02 Å². The zero-order chi connectivity index (χ0) is 15.2. The van der Waals surface area contributed by atoms with E-state index in [1.165, 1.54) is 16.7 Å². The average Bonchev–Trinajstić information content (AvgIpc) is 2.47. The summed E-state index contributed by atoms with van der Waals surface area (Å²) in [5.41, 5.74) is 4.88. The van der Waals surface area contributed by atoms with Gasteiger partial charge in [-0.1, -0.05) is 42.3 Å². The van der Waals surface area contributed by atoms with Gasteiger partial charge in [-0.3, -0.25) is 0 Å². The van der Waals surface area contributed by atoms with Gasteiger partial charge in [0.15, 0.2) is 0 Å². The first-order valence-electron chi connectivity index (χ1n) is 7.32. The van der Waals surface area contributed by atoms with Crippen LogP contribution in [-0.2, 0) is 6.54 Å². The van der Waals surface area contributed by atoms with Gasteiger partial charge in [0.05, 0.1) is 11.6 Å². The zero-order valence-corrected chi connectivity index (χ0v) is 13.6. The first kappa shape index (κ1) is 15.7. The Morgan fingerprint density at radius 1 is 1.10 bits per heavy atom. The van der Waals surface area contributed by atoms with Gasteiger partial charge in [-0.25, -0.2) is 0 Å². The van der Waals surface area contributed by atoms with Crippen molar-refractivity contribution in [3.8, 4) is 5.75 Å². The zero-order valence-electron chi connectivity index (χ0n) is 12.9. The van der Waals surface area contributed by atoms with Gasteiger partial charge in [0.25, 0.3) is 0 Å². The number of aryl methyl sites for hydroxylation is 2. The van der Waals surface area contributed by atoms with Crippen molar-refractivity contribution in [1.82, 2.24) is 0 Å². The second kappa shape index (κ2) is 7.37. The highest BCUT2D eigenvalue weighted by molar-refractivity contribution is 6.32. The molecule has 0 aliphatic heterocycles. The molecule has 2 rings (SSSR count). The Balaban J connectivity index is 2.03. The maximum atomic E-state index is 6.24. The molecular weight excluding hydrogens is 282 g/mol. The summed E-state index contributed by atoms with van der Waals surface area (Å²) in [4.78, 5) is 0. The first-order chi connectivity index (χ1) is 10.1. The minimum Gasteiger partial charge on any atom is -0.492 e. The van der Waals surface area contributed by atoms with Gasteiger partial charge < -0.3 is 10.1 Å². The lowest BCUT2D eigenvalue weighted by Crippen LogP contribution is -2.02. The van der Waals surface area contributed by atoms with Crippen LogP contribution in [0.5, 0.6) is 5.75 Å². The maximum absolute atomic E-state index is 6.24. The molecule has 21 heavy (non-hydrogen) atoms. The minimum atomic E-state index is 0.648. The van der Waals surface area contributed by atoms with Crippen molar-refractivity contribution in [1.29, 1.82) is 0 Å². The van der Waals surface area contributed by atoms with E-state index in [-0.39, 0.29) is 0 Å². The summed E-state index contributed by atoms with van der Waals surface area (Å²) >= 11 is 6.24. The molecule has 0 aromatic heterocycles. The molecule has 0 fully saturated rings. The van der Waals surface area contributed by atoms with E-state index in [0.717, 1.165) is 24.4 Å². The minimum absolute atomic E-state index is 0.648. The van der Waals surface area contributed by atoms with Gasteiger partial charge in [-0.2, -0.15) is 0 Å². The number of rotatable bonds is 6. The van der Waals surface area contributed by atoms with Crippen molar-refractivity contribution in [3.05, 3.63) is 58.1 Å². The first-order valence-corrected chi connectivity index (χ1v) is 7.70. The molecule has 0 saturated carbocycles. The SMILES string of the molecule is CCCOc1ccc(NCc2cc(C)ccc2C)cc1Cl. The van der Waals surface area contributed by atoms with Crippen molar-refractivity contribution in [2.75, 3.05) is 11.9 Å². The number of ether oxygens (including phenoxy) is 1. The smallest absolute Gasteiger partial charge is 0.138 e. The van der Waals surface area contributed by atoms with E-state index in [0.29, 0.717) is 11.6 Å². The molecule has 0 bridgehead atoms. The van der Waals surface area contributed by atoms with Crippen LogP contribution in [0, 0.1) is 13.8 Å². The average molecular weight is 304 g/mol. The largest absolute Gasteiger partial charge is 0.492 e. The summed E-state index contributed by atoms with van der Waals surface area (Å²) in [6.07, 6.45) is 0.975. The third-order valence-corrected chi connectivity index (χ3v) is 3.68. The fourth-order valence-corrected chi connectivity index (χ4v) is 2.36. The number of hydrogen-bond donors (Lipinski definition) is 1. The summed E-state index contributed by atoms with van der Waals surface area (Å²) in [6, 6.07) is 12.3. The molecule has 0 unspecified atom stereocenters. The molecule has 0 heterocycles. The third-order valence-electron chi connectivity index (χ3n) is 3.38.